The van der Waals surface area contributed by atoms with Crippen molar-refractivity contribution in [1.29, 1.82) is 0 Å². The zero-order valence-electron chi connectivity index (χ0n) is 8.91. The van der Waals surface area contributed by atoms with Crippen molar-refractivity contribution in [2.24, 2.45) is 0 Å². The predicted octanol–water partition coefficient (Wildman–Crippen LogP) is 1.69. The van der Waals surface area contributed by atoms with E-state index in [9.17, 15) is 4.79 Å². The molecule has 0 N–H and O–H groups in total. The molecule has 0 aromatic carbocycles. The minimum absolute atomic E-state index is 0.127. The Hall–Kier alpha value is -1.82. The summed E-state index contributed by atoms with van der Waals surface area (Å²) >= 11 is 0. The van der Waals surface area contributed by atoms with E-state index < -0.39 is 0 Å². The molecule has 78 valence electrons. The number of hydrogen-bond acceptors (Lipinski definition) is 3. The number of aryl methyl sites for hydroxylation is 1. The third-order valence-electron chi connectivity index (χ3n) is 1.80. The summed E-state index contributed by atoms with van der Waals surface area (Å²) in [4.78, 5) is 14.9. The van der Waals surface area contributed by atoms with Gasteiger partial charge in [0.2, 0.25) is 0 Å². The summed E-state index contributed by atoms with van der Waals surface area (Å²) in [5.41, 5.74) is 1.91. The molecule has 3 heteroatoms. The van der Waals surface area contributed by atoms with Crippen LogP contribution in [-0.4, -0.2) is 17.6 Å². The third kappa shape index (κ3) is 3.82. The molecule has 0 atom stereocenters. The molecule has 15 heavy (non-hydrogen) atoms. The molecule has 0 spiro atoms. The largest absolute Gasteiger partial charge is 0.465 e. The molecule has 0 amide bonds. The standard InChI is InChI=1S/C12H13NO2/c1-3-15-12(14)6-4-5-11-9-13-8-7-10(11)2/h7-9H,3,6H2,1-2H3. The van der Waals surface area contributed by atoms with Gasteiger partial charge in [-0.05, 0) is 25.5 Å². The zero-order chi connectivity index (χ0) is 11.1. The van der Waals surface area contributed by atoms with Crippen LogP contribution in [0.1, 0.15) is 24.5 Å². The van der Waals surface area contributed by atoms with Gasteiger partial charge in [-0.1, -0.05) is 11.8 Å². The Balaban J connectivity index is 2.59. The lowest BCUT2D eigenvalue weighted by Gasteiger charge is -1.96. The van der Waals surface area contributed by atoms with Crippen LogP contribution in [-0.2, 0) is 9.53 Å². The lowest BCUT2D eigenvalue weighted by Crippen LogP contribution is -2.01. The first-order valence-electron chi connectivity index (χ1n) is 4.79. The highest BCUT2D eigenvalue weighted by Crippen LogP contribution is 2.02. The molecule has 1 aromatic rings. The molecular formula is C12H13NO2. The van der Waals surface area contributed by atoms with Crippen LogP contribution in [0, 0.1) is 18.8 Å². The van der Waals surface area contributed by atoms with Crippen LogP contribution in [0.25, 0.3) is 0 Å². The first kappa shape index (κ1) is 11.3. The molecule has 1 heterocycles. The lowest BCUT2D eigenvalue weighted by molar-refractivity contribution is -0.141. The fraction of sp³-hybridized carbons (Fsp3) is 0.333. The second-order valence-corrected chi connectivity index (χ2v) is 2.97. The van der Waals surface area contributed by atoms with Gasteiger partial charge in [-0.2, -0.15) is 0 Å². The molecule has 0 radical (unpaired) electrons. The topological polar surface area (TPSA) is 39.2 Å². The number of hydrogen-bond donors (Lipinski definition) is 0. The number of carbonyl (C=O) groups is 1. The molecule has 1 aromatic heterocycles. The summed E-state index contributed by atoms with van der Waals surface area (Å²) in [6, 6.07) is 1.88. The second-order valence-electron chi connectivity index (χ2n) is 2.97. The Morgan fingerprint density at radius 3 is 3.07 bits per heavy atom. The van der Waals surface area contributed by atoms with E-state index in [0.29, 0.717) is 6.61 Å². The van der Waals surface area contributed by atoms with Gasteiger partial charge in [0, 0.05) is 18.0 Å². The highest BCUT2D eigenvalue weighted by Gasteiger charge is 1.96. The van der Waals surface area contributed by atoms with E-state index in [2.05, 4.69) is 16.8 Å². The average molecular weight is 203 g/mol. The number of pyridine rings is 1. The molecule has 0 aliphatic carbocycles. The maximum absolute atomic E-state index is 11.0. The second kappa shape index (κ2) is 5.82. The summed E-state index contributed by atoms with van der Waals surface area (Å²) < 4.78 is 4.75. The van der Waals surface area contributed by atoms with Gasteiger partial charge in [0.15, 0.2) is 0 Å². The van der Waals surface area contributed by atoms with Crippen molar-refractivity contribution in [3.63, 3.8) is 0 Å². The van der Waals surface area contributed by atoms with Crippen molar-refractivity contribution in [3.05, 3.63) is 29.6 Å². The van der Waals surface area contributed by atoms with E-state index in [1.165, 1.54) is 0 Å². The zero-order valence-corrected chi connectivity index (χ0v) is 8.91. The van der Waals surface area contributed by atoms with Gasteiger partial charge >= 0.3 is 5.97 Å². The average Bonchev–Trinajstić information content (AvgIpc) is 2.21. The van der Waals surface area contributed by atoms with Gasteiger partial charge in [0.05, 0.1) is 6.61 Å². The Kier molecular flexibility index (Phi) is 4.36. The number of rotatable bonds is 2. The number of esters is 1. The van der Waals surface area contributed by atoms with Gasteiger partial charge in [-0.15, -0.1) is 0 Å². The lowest BCUT2D eigenvalue weighted by atomic mass is 10.2. The van der Waals surface area contributed by atoms with E-state index in [-0.39, 0.29) is 12.4 Å². The number of ether oxygens (including phenoxy) is 1. The fourth-order valence-corrected chi connectivity index (χ4v) is 1.02. The van der Waals surface area contributed by atoms with E-state index in [0.717, 1.165) is 11.1 Å². The Morgan fingerprint density at radius 2 is 2.40 bits per heavy atom. The Morgan fingerprint density at radius 1 is 1.60 bits per heavy atom. The van der Waals surface area contributed by atoms with Gasteiger partial charge in [0.1, 0.15) is 6.42 Å². The van der Waals surface area contributed by atoms with Crippen LogP contribution in [0.5, 0.6) is 0 Å². The molecule has 3 nitrogen and oxygen atoms in total. The molecule has 0 aliphatic rings. The van der Waals surface area contributed by atoms with Crippen LogP contribution in [0.3, 0.4) is 0 Å². The summed E-state index contributed by atoms with van der Waals surface area (Å²) in [6.07, 6.45) is 3.53. The van der Waals surface area contributed by atoms with Gasteiger partial charge in [0.25, 0.3) is 0 Å². The molecule has 1 rings (SSSR count). The monoisotopic (exact) mass is 203 g/mol. The van der Waals surface area contributed by atoms with Gasteiger partial charge in [-0.3, -0.25) is 9.78 Å². The number of aromatic nitrogens is 1. The highest BCUT2D eigenvalue weighted by atomic mass is 16.5. The van der Waals surface area contributed by atoms with Crippen molar-refractivity contribution < 1.29 is 9.53 Å². The van der Waals surface area contributed by atoms with Gasteiger partial charge in [-0.25, -0.2) is 0 Å². The Bertz CT molecular complexity index is 402. The molecule has 0 saturated carbocycles. The van der Waals surface area contributed by atoms with Crippen LogP contribution >= 0.6 is 0 Å². The van der Waals surface area contributed by atoms with Crippen molar-refractivity contribution in [2.45, 2.75) is 20.3 Å². The highest BCUT2D eigenvalue weighted by molar-refractivity contribution is 5.72. The first-order valence-corrected chi connectivity index (χ1v) is 4.79. The fourth-order valence-electron chi connectivity index (χ4n) is 1.02. The minimum Gasteiger partial charge on any atom is -0.465 e. The molecule has 0 saturated heterocycles. The quantitative estimate of drug-likeness (QED) is 0.542. The summed E-state index contributed by atoms with van der Waals surface area (Å²) in [5, 5.41) is 0. The SMILES string of the molecule is CCOC(=O)CC#Cc1cnccc1C. The van der Waals surface area contributed by atoms with Crippen LogP contribution in [0.15, 0.2) is 18.5 Å². The molecular weight excluding hydrogens is 190 g/mol. The van der Waals surface area contributed by atoms with Gasteiger partial charge < -0.3 is 4.74 Å². The minimum atomic E-state index is -0.286. The van der Waals surface area contributed by atoms with E-state index in [1.807, 2.05) is 13.0 Å². The molecule has 0 aliphatic heterocycles. The summed E-state index contributed by atoms with van der Waals surface area (Å²) in [5.74, 6) is 5.37. The van der Waals surface area contributed by atoms with Crippen molar-refractivity contribution in [1.82, 2.24) is 4.98 Å². The normalized spacial score (nSPS) is 8.93. The Labute approximate surface area is 89.5 Å². The summed E-state index contributed by atoms with van der Waals surface area (Å²) in [6.45, 7) is 4.12. The predicted molar refractivity (Wildman–Crippen MR) is 57.1 cm³/mol. The van der Waals surface area contributed by atoms with Crippen molar-refractivity contribution in [2.75, 3.05) is 6.61 Å². The maximum atomic E-state index is 11.0. The number of nitrogens with zero attached hydrogens (tertiary/aromatic N) is 1. The first-order chi connectivity index (χ1) is 7.24. The molecule has 0 bridgehead atoms. The molecule has 0 fully saturated rings. The van der Waals surface area contributed by atoms with E-state index in [4.69, 9.17) is 4.74 Å². The maximum Gasteiger partial charge on any atom is 0.317 e. The molecule has 0 unspecified atom stereocenters. The number of carbonyl (C=O) groups excluding carboxylic acids is 1. The van der Waals surface area contributed by atoms with Crippen LogP contribution in [0.4, 0.5) is 0 Å². The van der Waals surface area contributed by atoms with E-state index in [1.54, 1.807) is 19.3 Å². The van der Waals surface area contributed by atoms with Crippen molar-refractivity contribution in [3.8, 4) is 11.8 Å². The van der Waals surface area contributed by atoms with Crippen molar-refractivity contribution >= 4 is 5.97 Å². The van der Waals surface area contributed by atoms with Crippen LogP contribution < -0.4 is 0 Å². The van der Waals surface area contributed by atoms with E-state index >= 15 is 0 Å². The third-order valence-corrected chi connectivity index (χ3v) is 1.80. The smallest absolute Gasteiger partial charge is 0.317 e. The van der Waals surface area contributed by atoms with Crippen LogP contribution in [0.2, 0.25) is 0 Å². The summed E-state index contributed by atoms with van der Waals surface area (Å²) in [7, 11) is 0.